The number of thiazole rings is 1. The van der Waals surface area contributed by atoms with Gasteiger partial charge >= 0.3 is 12.3 Å². The second-order valence-electron chi connectivity index (χ2n) is 6.47. The molecule has 146 valence electrons. The van der Waals surface area contributed by atoms with Crippen molar-refractivity contribution in [3.05, 3.63) is 34.6 Å². The van der Waals surface area contributed by atoms with E-state index in [2.05, 4.69) is 20.6 Å². The monoisotopic (exact) mass is 402 g/mol. The normalized spacial score (nSPS) is 11.8. The number of carbonyl (C=O) groups is 2. The molecule has 7 nitrogen and oxygen atoms in total. The van der Waals surface area contributed by atoms with Crippen molar-refractivity contribution in [2.75, 3.05) is 10.6 Å². The quantitative estimate of drug-likeness (QED) is 0.790. The molecule has 2 amide bonds. The van der Waals surface area contributed by atoms with E-state index < -0.39 is 29.5 Å². The zero-order chi connectivity index (χ0) is 20.4. The fourth-order valence-corrected chi connectivity index (χ4v) is 2.57. The highest BCUT2D eigenvalue weighted by atomic mass is 32.1. The summed E-state index contributed by atoms with van der Waals surface area (Å²) in [5.41, 5.74) is -1.50. The molecule has 0 saturated heterocycles. The van der Waals surface area contributed by atoms with Crippen molar-refractivity contribution < 1.29 is 27.5 Å². The van der Waals surface area contributed by atoms with Gasteiger partial charge < -0.3 is 4.74 Å². The second kappa shape index (κ2) is 7.51. The maximum absolute atomic E-state index is 12.6. The molecule has 0 fully saturated rings. The summed E-state index contributed by atoms with van der Waals surface area (Å²) in [5.74, 6) is -0.812. The second-order valence-corrected chi connectivity index (χ2v) is 7.32. The summed E-state index contributed by atoms with van der Waals surface area (Å²) in [7, 11) is 0. The van der Waals surface area contributed by atoms with Crippen molar-refractivity contribution in [1.29, 1.82) is 0 Å². The zero-order valence-electron chi connectivity index (χ0n) is 14.9. The van der Waals surface area contributed by atoms with Crippen molar-refractivity contribution >= 4 is 34.2 Å². The third-order valence-electron chi connectivity index (χ3n) is 2.90. The largest absolute Gasteiger partial charge is 0.444 e. The van der Waals surface area contributed by atoms with Gasteiger partial charge in [-0.3, -0.25) is 15.4 Å². The third-order valence-corrected chi connectivity index (χ3v) is 3.66. The van der Waals surface area contributed by atoms with Gasteiger partial charge in [-0.1, -0.05) is 0 Å². The molecular weight excluding hydrogens is 385 g/mol. The highest BCUT2D eigenvalue weighted by molar-refractivity contribution is 7.14. The predicted octanol–water partition coefficient (Wildman–Crippen LogP) is 4.46. The number of aromatic nitrogens is 2. The van der Waals surface area contributed by atoms with Gasteiger partial charge in [0.25, 0.3) is 5.91 Å². The van der Waals surface area contributed by atoms with E-state index in [0.717, 1.165) is 5.38 Å². The molecule has 11 heteroatoms. The number of amides is 2. The van der Waals surface area contributed by atoms with Gasteiger partial charge in [0.1, 0.15) is 5.60 Å². The van der Waals surface area contributed by atoms with Gasteiger partial charge in [-0.15, -0.1) is 11.3 Å². The average Bonchev–Trinajstić information content (AvgIpc) is 2.95. The molecule has 0 aliphatic rings. The molecule has 2 N–H and O–H groups in total. The molecule has 27 heavy (non-hydrogen) atoms. The van der Waals surface area contributed by atoms with E-state index in [1.54, 1.807) is 33.8 Å². The summed E-state index contributed by atoms with van der Waals surface area (Å²) in [6.45, 7) is 6.65. The number of anilines is 2. The number of pyridine rings is 1. The molecule has 2 rings (SSSR count). The van der Waals surface area contributed by atoms with Crippen LogP contribution in [-0.2, 0) is 10.9 Å². The van der Waals surface area contributed by atoms with E-state index >= 15 is 0 Å². The van der Waals surface area contributed by atoms with Crippen LogP contribution in [0.1, 0.15) is 42.6 Å². The van der Waals surface area contributed by atoms with E-state index in [-0.39, 0.29) is 16.5 Å². The van der Waals surface area contributed by atoms with Crippen molar-refractivity contribution in [3.63, 3.8) is 0 Å². The molecule has 0 atom stereocenters. The van der Waals surface area contributed by atoms with E-state index in [1.165, 1.54) is 6.07 Å². The number of ether oxygens (including phenoxy) is 1. The zero-order valence-corrected chi connectivity index (χ0v) is 15.7. The van der Waals surface area contributed by atoms with Crippen LogP contribution in [0.5, 0.6) is 0 Å². The lowest BCUT2D eigenvalue weighted by Gasteiger charge is -2.20. The Morgan fingerprint density at radius 2 is 1.78 bits per heavy atom. The number of carbonyl (C=O) groups excluding carboxylic acids is 2. The van der Waals surface area contributed by atoms with Crippen molar-refractivity contribution in [2.24, 2.45) is 0 Å². The van der Waals surface area contributed by atoms with Crippen LogP contribution in [0.15, 0.2) is 17.5 Å². The van der Waals surface area contributed by atoms with Crippen LogP contribution in [0.2, 0.25) is 0 Å². The third kappa shape index (κ3) is 5.91. The molecule has 2 aromatic rings. The highest BCUT2D eigenvalue weighted by Crippen LogP contribution is 2.31. The number of hydrogen-bond donors (Lipinski definition) is 2. The Bertz CT molecular complexity index is 859. The fourth-order valence-electron chi connectivity index (χ4n) is 1.86. The molecule has 0 aliphatic heterocycles. The summed E-state index contributed by atoms with van der Waals surface area (Å²) in [6, 6.07) is 3.01. The highest BCUT2D eigenvalue weighted by Gasteiger charge is 2.34. The predicted molar refractivity (Wildman–Crippen MR) is 93.9 cm³/mol. The van der Waals surface area contributed by atoms with E-state index in [9.17, 15) is 22.8 Å². The Hall–Kier alpha value is -2.69. The molecule has 0 aliphatic carbocycles. The van der Waals surface area contributed by atoms with Gasteiger partial charge in [0.2, 0.25) is 0 Å². The van der Waals surface area contributed by atoms with Crippen LogP contribution in [-0.4, -0.2) is 27.6 Å². The maximum atomic E-state index is 12.6. The Labute approximate surface area is 157 Å². The Morgan fingerprint density at radius 1 is 1.11 bits per heavy atom. The summed E-state index contributed by atoms with van der Waals surface area (Å²) >= 11 is 0.628. The van der Waals surface area contributed by atoms with Gasteiger partial charge in [-0.25, -0.2) is 14.8 Å². The van der Waals surface area contributed by atoms with Crippen molar-refractivity contribution in [3.8, 4) is 0 Å². The van der Waals surface area contributed by atoms with Crippen LogP contribution in [0.4, 0.5) is 28.8 Å². The van der Waals surface area contributed by atoms with E-state index in [4.69, 9.17) is 4.74 Å². The average molecular weight is 402 g/mol. The summed E-state index contributed by atoms with van der Waals surface area (Å²) in [5, 5.41) is 5.22. The van der Waals surface area contributed by atoms with Gasteiger partial charge in [0, 0.05) is 11.1 Å². The first-order chi connectivity index (χ1) is 12.3. The Balaban J connectivity index is 2.21. The van der Waals surface area contributed by atoms with Gasteiger partial charge in [0.05, 0.1) is 5.69 Å². The molecule has 0 aromatic carbocycles. The molecule has 2 heterocycles. The minimum atomic E-state index is -4.61. The first kappa shape index (κ1) is 20.6. The minimum absolute atomic E-state index is 0.0555. The Kier molecular flexibility index (Phi) is 5.73. The van der Waals surface area contributed by atoms with Gasteiger partial charge in [0.15, 0.2) is 16.5 Å². The van der Waals surface area contributed by atoms with Crippen LogP contribution < -0.4 is 10.6 Å². The lowest BCUT2D eigenvalue weighted by molar-refractivity contribution is -0.140. The molecule has 0 unspecified atom stereocenters. The van der Waals surface area contributed by atoms with Crippen molar-refractivity contribution in [2.45, 2.75) is 39.5 Å². The number of hydrogen-bond acceptors (Lipinski definition) is 6. The minimum Gasteiger partial charge on any atom is -0.444 e. The standard InChI is InChI=1S/C16H17F3N4O3S/c1-8-5-6-9(21-14(25)26-15(2,3)4)11(20-8)12(24)23-13-22-10(7-27-13)16(17,18)19/h5-7H,1-4H3,(H,21,25)(H,22,23,24). The fraction of sp³-hybridized carbons (Fsp3) is 0.375. The number of aryl methyl sites for hydroxylation is 1. The number of nitrogens with zero attached hydrogens (tertiary/aromatic N) is 2. The van der Waals surface area contributed by atoms with Crippen LogP contribution in [0.25, 0.3) is 0 Å². The SMILES string of the molecule is Cc1ccc(NC(=O)OC(C)(C)C)c(C(=O)Nc2nc(C(F)(F)F)cs2)n1. The molecule has 0 spiro atoms. The molecule has 0 saturated carbocycles. The first-order valence-electron chi connectivity index (χ1n) is 7.67. The van der Waals surface area contributed by atoms with E-state index in [0.29, 0.717) is 17.0 Å². The van der Waals surface area contributed by atoms with Crippen LogP contribution in [0.3, 0.4) is 0 Å². The van der Waals surface area contributed by atoms with Gasteiger partial charge in [-0.2, -0.15) is 13.2 Å². The summed E-state index contributed by atoms with van der Waals surface area (Å²) in [6.07, 6.45) is -5.40. The van der Waals surface area contributed by atoms with Crippen LogP contribution in [0, 0.1) is 6.92 Å². The Morgan fingerprint density at radius 3 is 2.33 bits per heavy atom. The topological polar surface area (TPSA) is 93.2 Å². The number of alkyl halides is 3. The number of nitrogens with one attached hydrogen (secondary N) is 2. The first-order valence-corrected chi connectivity index (χ1v) is 8.55. The molecule has 0 radical (unpaired) electrons. The van der Waals surface area contributed by atoms with E-state index in [1.807, 2.05) is 0 Å². The lowest BCUT2D eigenvalue weighted by Crippen LogP contribution is -2.28. The lowest BCUT2D eigenvalue weighted by atomic mass is 10.2. The molecule has 0 bridgehead atoms. The summed E-state index contributed by atoms with van der Waals surface area (Å²) < 4.78 is 43.0. The van der Waals surface area contributed by atoms with Crippen LogP contribution >= 0.6 is 11.3 Å². The number of halogens is 3. The molecular formula is C16H17F3N4O3S. The summed E-state index contributed by atoms with van der Waals surface area (Å²) in [4.78, 5) is 31.7. The van der Waals surface area contributed by atoms with Gasteiger partial charge in [-0.05, 0) is 39.8 Å². The van der Waals surface area contributed by atoms with Crippen molar-refractivity contribution in [1.82, 2.24) is 9.97 Å². The maximum Gasteiger partial charge on any atom is 0.434 e. The molecule has 2 aromatic heterocycles. The smallest absolute Gasteiger partial charge is 0.434 e. The number of rotatable bonds is 3.